The first-order valence-electron chi connectivity index (χ1n) is 6.42. The SMILES string of the molecule is CC(=O)c1ccc(Nc2ncnc3ccc(I)cc23)cc1. The monoisotopic (exact) mass is 389 g/mol. The molecule has 3 aromatic rings. The minimum atomic E-state index is 0.0589. The summed E-state index contributed by atoms with van der Waals surface area (Å²) in [7, 11) is 0. The zero-order valence-electron chi connectivity index (χ0n) is 11.3. The molecule has 0 saturated heterocycles. The van der Waals surface area contributed by atoms with Crippen molar-refractivity contribution < 1.29 is 4.79 Å². The van der Waals surface area contributed by atoms with E-state index in [0.717, 1.165) is 26.0 Å². The first kappa shape index (κ1) is 13.9. The van der Waals surface area contributed by atoms with Crippen molar-refractivity contribution in [1.29, 1.82) is 0 Å². The van der Waals surface area contributed by atoms with Crippen LogP contribution in [0.3, 0.4) is 0 Å². The van der Waals surface area contributed by atoms with E-state index < -0.39 is 0 Å². The van der Waals surface area contributed by atoms with Crippen LogP contribution in [-0.2, 0) is 0 Å². The van der Waals surface area contributed by atoms with Gasteiger partial charge >= 0.3 is 0 Å². The molecule has 0 aliphatic rings. The molecule has 1 heterocycles. The molecule has 0 atom stereocenters. The summed E-state index contributed by atoms with van der Waals surface area (Å²) in [4.78, 5) is 19.9. The molecule has 2 aromatic carbocycles. The Morgan fingerprint density at radius 1 is 1.10 bits per heavy atom. The Balaban J connectivity index is 1.97. The van der Waals surface area contributed by atoms with Crippen molar-refractivity contribution >= 4 is 50.8 Å². The molecule has 0 fully saturated rings. The van der Waals surface area contributed by atoms with Crippen LogP contribution in [0.5, 0.6) is 0 Å². The summed E-state index contributed by atoms with van der Waals surface area (Å²) in [5.74, 6) is 0.817. The van der Waals surface area contributed by atoms with E-state index in [4.69, 9.17) is 0 Å². The lowest BCUT2D eigenvalue weighted by Gasteiger charge is -2.09. The zero-order chi connectivity index (χ0) is 14.8. The van der Waals surface area contributed by atoms with Gasteiger partial charge in [-0.2, -0.15) is 0 Å². The zero-order valence-corrected chi connectivity index (χ0v) is 13.5. The second-order valence-electron chi connectivity index (χ2n) is 4.64. The quantitative estimate of drug-likeness (QED) is 0.540. The van der Waals surface area contributed by atoms with Gasteiger partial charge in [-0.05, 0) is 72.0 Å². The summed E-state index contributed by atoms with van der Waals surface area (Å²) in [5, 5.41) is 4.25. The van der Waals surface area contributed by atoms with Gasteiger partial charge in [0.05, 0.1) is 5.52 Å². The third-order valence-corrected chi connectivity index (χ3v) is 3.82. The van der Waals surface area contributed by atoms with Crippen molar-refractivity contribution in [3.8, 4) is 0 Å². The topological polar surface area (TPSA) is 54.9 Å². The average molecular weight is 389 g/mol. The summed E-state index contributed by atoms with van der Waals surface area (Å²) in [6.07, 6.45) is 1.54. The number of fused-ring (bicyclic) bond motifs is 1. The van der Waals surface area contributed by atoms with Crippen molar-refractivity contribution in [3.05, 3.63) is 57.9 Å². The lowest BCUT2D eigenvalue weighted by Crippen LogP contribution is -1.97. The molecule has 0 bridgehead atoms. The highest BCUT2D eigenvalue weighted by Crippen LogP contribution is 2.24. The molecule has 0 radical (unpaired) electrons. The minimum Gasteiger partial charge on any atom is -0.340 e. The molecule has 21 heavy (non-hydrogen) atoms. The van der Waals surface area contributed by atoms with E-state index in [1.54, 1.807) is 25.4 Å². The van der Waals surface area contributed by atoms with Crippen LogP contribution in [0, 0.1) is 3.57 Å². The summed E-state index contributed by atoms with van der Waals surface area (Å²) >= 11 is 2.27. The fraction of sp³-hybridized carbons (Fsp3) is 0.0625. The number of aromatic nitrogens is 2. The minimum absolute atomic E-state index is 0.0589. The van der Waals surface area contributed by atoms with Crippen molar-refractivity contribution in [2.45, 2.75) is 6.92 Å². The number of rotatable bonds is 3. The van der Waals surface area contributed by atoms with Crippen molar-refractivity contribution in [3.63, 3.8) is 0 Å². The summed E-state index contributed by atoms with van der Waals surface area (Å²) < 4.78 is 1.13. The number of Topliss-reactive ketones (excluding diaryl/α,β-unsaturated/α-hetero) is 1. The van der Waals surface area contributed by atoms with E-state index >= 15 is 0 Å². The fourth-order valence-electron chi connectivity index (χ4n) is 2.05. The van der Waals surface area contributed by atoms with Crippen LogP contribution < -0.4 is 5.32 Å². The van der Waals surface area contributed by atoms with Gasteiger partial charge in [-0.1, -0.05) is 0 Å². The van der Waals surface area contributed by atoms with Gasteiger partial charge in [0.25, 0.3) is 0 Å². The largest absolute Gasteiger partial charge is 0.340 e. The van der Waals surface area contributed by atoms with Crippen LogP contribution >= 0.6 is 22.6 Å². The molecule has 4 nitrogen and oxygen atoms in total. The Labute approximate surface area is 135 Å². The highest BCUT2D eigenvalue weighted by atomic mass is 127. The number of carbonyl (C=O) groups is 1. The van der Waals surface area contributed by atoms with Crippen LogP contribution in [0.15, 0.2) is 48.8 Å². The van der Waals surface area contributed by atoms with Gasteiger partial charge in [0, 0.05) is 20.2 Å². The standard InChI is InChI=1S/C16H12IN3O/c1-10(21)11-2-5-13(6-3-11)20-16-14-8-12(17)4-7-15(14)18-9-19-16/h2-9H,1H3,(H,18,19,20). The summed E-state index contributed by atoms with van der Waals surface area (Å²) in [5.41, 5.74) is 2.48. The summed E-state index contributed by atoms with van der Waals surface area (Å²) in [6, 6.07) is 13.4. The molecule has 1 aromatic heterocycles. The maximum atomic E-state index is 11.3. The number of nitrogens with zero attached hydrogens (tertiary/aromatic N) is 2. The van der Waals surface area contributed by atoms with Gasteiger partial charge in [0.1, 0.15) is 12.1 Å². The van der Waals surface area contributed by atoms with E-state index in [-0.39, 0.29) is 5.78 Å². The molecule has 0 unspecified atom stereocenters. The molecular weight excluding hydrogens is 377 g/mol. The van der Waals surface area contributed by atoms with Crippen molar-refractivity contribution in [1.82, 2.24) is 9.97 Å². The van der Waals surface area contributed by atoms with Crippen LogP contribution in [0.4, 0.5) is 11.5 Å². The maximum Gasteiger partial charge on any atom is 0.159 e. The Bertz CT molecular complexity index is 815. The molecular formula is C16H12IN3O. The Morgan fingerprint density at radius 2 is 1.86 bits per heavy atom. The highest BCUT2D eigenvalue weighted by molar-refractivity contribution is 14.1. The number of hydrogen-bond acceptors (Lipinski definition) is 4. The fourth-order valence-corrected chi connectivity index (χ4v) is 2.54. The molecule has 0 aliphatic heterocycles. The van der Waals surface area contributed by atoms with Crippen LogP contribution in [-0.4, -0.2) is 15.8 Å². The lowest BCUT2D eigenvalue weighted by molar-refractivity contribution is 0.101. The first-order chi connectivity index (χ1) is 10.1. The lowest BCUT2D eigenvalue weighted by atomic mass is 10.1. The molecule has 0 aliphatic carbocycles. The number of hydrogen-bond donors (Lipinski definition) is 1. The molecule has 0 spiro atoms. The van der Waals surface area contributed by atoms with Crippen LogP contribution in [0.1, 0.15) is 17.3 Å². The van der Waals surface area contributed by atoms with Crippen molar-refractivity contribution in [2.75, 3.05) is 5.32 Å². The molecule has 3 rings (SSSR count). The molecule has 0 saturated carbocycles. The third kappa shape index (κ3) is 3.02. The molecule has 104 valence electrons. The van der Waals surface area contributed by atoms with E-state index in [1.165, 1.54) is 0 Å². The maximum absolute atomic E-state index is 11.3. The van der Waals surface area contributed by atoms with E-state index in [2.05, 4.69) is 37.9 Å². The van der Waals surface area contributed by atoms with E-state index in [0.29, 0.717) is 5.56 Å². The Morgan fingerprint density at radius 3 is 2.57 bits per heavy atom. The number of nitrogens with one attached hydrogen (secondary N) is 1. The van der Waals surface area contributed by atoms with Gasteiger partial charge < -0.3 is 5.32 Å². The number of benzene rings is 2. The van der Waals surface area contributed by atoms with Gasteiger partial charge in [-0.25, -0.2) is 9.97 Å². The Kier molecular flexibility index (Phi) is 3.83. The van der Waals surface area contributed by atoms with Crippen molar-refractivity contribution in [2.24, 2.45) is 0 Å². The predicted molar refractivity (Wildman–Crippen MR) is 92.0 cm³/mol. The highest BCUT2D eigenvalue weighted by Gasteiger charge is 2.05. The number of halogens is 1. The Hall–Kier alpha value is -2.02. The normalized spacial score (nSPS) is 10.6. The van der Waals surface area contributed by atoms with E-state index in [9.17, 15) is 4.79 Å². The number of ketones is 1. The van der Waals surface area contributed by atoms with Gasteiger partial charge in [-0.3, -0.25) is 4.79 Å². The molecule has 5 heteroatoms. The molecule has 1 N–H and O–H groups in total. The van der Waals surface area contributed by atoms with Gasteiger partial charge in [-0.15, -0.1) is 0 Å². The van der Waals surface area contributed by atoms with E-state index in [1.807, 2.05) is 30.3 Å². The second kappa shape index (κ2) is 5.77. The first-order valence-corrected chi connectivity index (χ1v) is 7.49. The average Bonchev–Trinajstić information content (AvgIpc) is 2.48. The number of carbonyl (C=O) groups excluding carboxylic acids is 1. The number of anilines is 2. The predicted octanol–water partition coefficient (Wildman–Crippen LogP) is 4.18. The van der Waals surface area contributed by atoms with Crippen LogP contribution in [0.2, 0.25) is 0 Å². The van der Waals surface area contributed by atoms with Gasteiger partial charge in [0.2, 0.25) is 0 Å². The van der Waals surface area contributed by atoms with Gasteiger partial charge in [0.15, 0.2) is 5.78 Å². The smallest absolute Gasteiger partial charge is 0.159 e. The summed E-state index contributed by atoms with van der Waals surface area (Å²) in [6.45, 7) is 1.56. The third-order valence-electron chi connectivity index (χ3n) is 3.15. The molecule has 0 amide bonds. The second-order valence-corrected chi connectivity index (χ2v) is 5.89. The van der Waals surface area contributed by atoms with Crippen LogP contribution in [0.25, 0.3) is 10.9 Å².